The summed E-state index contributed by atoms with van der Waals surface area (Å²) in [7, 11) is 0. The second-order valence-corrected chi connectivity index (χ2v) is 5.35. The molecule has 0 heterocycles. The van der Waals surface area contributed by atoms with Gasteiger partial charge >= 0.3 is 0 Å². The van der Waals surface area contributed by atoms with Crippen LogP contribution in [0.5, 0.6) is 0 Å². The average molecular weight is 301 g/mol. The van der Waals surface area contributed by atoms with E-state index in [9.17, 15) is 0 Å². The maximum Gasteiger partial charge on any atom is 0.0461 e. The smallest absolute Gasteiger partial charge is 0.0461 e. The number of nitrogens with zero attached hydrogens (tertiary/aromatic N) is 1. The summed E-state index contributed by atoms with van der Waals surface area (Å²) in [6.07, 6.45) is 0.810. The second kappa shape index (κ2) is 6.99. The van der Waals surface area contributed by atoms with Crippen molar-refractivity contribution in [1.29, 1.82) is 0 Å². The first-order chi connectivity index (χ1) is 8.04. The highest BCUT2D eigenvalue weighted by molar-refractivity contribution is 9.10. The molecule has 0 radical (unpaired) electrons. The average Bonchev–Trinajstić information content (AvgIpc) is 2.28. The summed E-state index contributed by atoms with van der Waals surface area (Å²) in [6.45, 7) is 6.35. The molecule has 0 spiro atoms. The van der Waals surface area contributed by atoms with E-state index >= 15 is 0 Å². The van der Waals surface area contributed by atoms with Gasteiger partial charge in [0.05, 0.1) is 0 Å². The summed E-state index contributed by atoms with van der Waals surface area (Å²) in [5.41, 5.74) is 7.84. The van der Waals surface area contributed by atoms with Crippen LogP contribution in [0.4, 0.5) is 5.69 Å². The lowest BCUT2D eigenvalue weighted by atomic mass is 10.1. The zero-order chi connectivity index (χ0) is 12.8. The first kappa shape index (κ1) is 14.5. The molecule has 96 valence electrons. The Hall–Kier alpha value is -0.580. The summed E-state index contributed by atoms with van der Waals surface area (Å²) in [4.78, 5) is 2.33. The van der Waals surface area contributed by atoms with Gasteiger partial charge in [0, 0.05) is 35.9 Å². The zero-order valence-corrected chi connectivity index (χ0v) is 12.1. The van der Waals surface area contributed by atoms with E-state index < -0.39 is 0 Å². The molecule has 0 amide bonds. The summed E-state index contributed by atoms with van der Waals surface area (Å²) in [5, 5.41) is 8.89. The highest BCUT2D eigenvalue weighted by Crippen LogP contribution is 2.21. The molecular weight excluding hydrogens is 280 g/mol. The topological polar surface area (TPSA) is 49.5 Å². The van der Waals surface area contributed by atoms with Crippen LogP contribution in [0.15, 0.2) is 22.7 Å². The predicted octanol–water partition coefficient (Wildman–Crippen LogP) is 2.62. The van der Waals surface area contributed by atoms with Gasteiger partial charge < -0.3 is 10.8 Å². The summed E-state index contributed by atoms with van der Waals surface area (Å²) in [6, 6.07) is 6.52. The molecule has 0 aliphatic carbocycles. The number of rotatable bonds is 6. The van der Waals surface area contributed by atoms with Crippen molar-refractivity contribution < 1.29 is 5.11 Å². The van der Waals surface area contributed by atoms with E-state index in [4.69, 9.17) is 10.8 Å². The molecule has 0 aliphatic heterocycles. The lowest BCUT2D eigenvalue weighted by Gasteiger charge is -2.26. The highest BCUT2D eigenvalue weighted by Gasteiger charge is 2.10. The van der Waals surface area contributed by atoms with Gasteiger partial charge in [0.15, 0.2) is 0 Å². The lowest BCUT2D eigenvalue weighted by Crippen LogP contribution is -2.31. The van der Waals surface area contributed by atoms with Crippen LogP contribution in [0.2, 0.25) is 0 Å². The third-order valence-corrected chi connectivity index (χ3v) is 3.50. The van der Waals surface area contributed by atoms with E-state index in [-0.39, 0.29) is 6.61 Å². The Labute approximate surface area is 112 Å². The molecule has 3 N–H and O–H groups in total. The van der Waals surface area contributed by atoms with E-state index in [0.29, 0.717) is 6.04 Å². The van der Waals surface area contributed by atoms with Crippen molar-refractivity contribution in [3.05, 3.63) is 28.2 Å². The largest absolute Gasteiger partial charge is 0.398 e. The van der Waals surface area contributed by atoms with Crippen LogP contribution >= 0.6 is 15.9 Å². The standard InChI is InChI=1S/C13H21BrN2O/c1-10(2)16(6-3-7-17)9-11-4-5-12(14)13(15)8-11/h4-5,8,10,17H,3,6-7,9,15H2,1-2H3. The lowest BCUT2D eigenvalue weighted by molar-refractivity contribution is 0.185. The molecule has 0 saturated heterocycles. The van der Waals surface area contributed by atoms with Crippen molar-refractivity contribution in [1.82, 2.24) is 4.90 Å². The van der Waals surface area contributed by atoms with E-state index in [2.05, 4.69) is 40.7 Å². The normalized spacial score (nSPS) is 11.4. The minimum atomic E-state index is 0.242. The zero-order valence-electron chi connectivity index (χ0n) is 10.5. The fourth-order valence-corrected chi connectivity index (χ4v) is 1.97. The number of nitrogen functional groups attached to an aromatic ring is 1. The summed E-state index contributed by atoms with van der Waals surface area (Å²) in [5.74, 6) is 0. The van der Waals surface area contributed by atoms with Crippen molar-refractivity contribution >= 4 is 21.6 Å². The van der Waals surface area contributed by atoms with Gasteiger partial charge in [0.2, 0.25) is 0 Å². The van der Waals surface area contributed by atoms with Crippen LogP contribution in [0.1, 0.15) is 25.8 Å². The van der Waals surface area contributed by atoms with Gasteiger partial charge in [-0.1, -0.05) is 6.07 Å². The number of hydrogen-bond donors (Lipinski definition) is 2. The molecule has 0 unspecified atom stereocenters. The van der Waals surface area contributed by atoms with Crippen molar-refractivity contribution in [3.63, 3.8) is 0 Å². The number of aliphatic hydroxyl groups excluding tert-OH is 1. The predicted molar refractivity (Wildman–Crippen MR) is 75.8 cm³/mol. The monoisotopic (exact) mass is 300 g/mol. The van der Waals surface area contributed by atoms with Gasteiger partial charge in [-0.2, -0.15) is 0 Å². The van der Waals surface area contributed by atoms with Gasteiger partial charge in [-0.3, -0.25) is 4.90 Å². The number of halogens is 1. The molecule has 4 heteroatoms. The van der Waals surface area contributed by atoms with Crippen molar-refractivity contribution in [2.24, 2.45) is 0 Å². The Bertz CT molecular complexity index is 355. The van der Waals surface area contributed by atoms with Crippen LogP contribution in [0.3, 0.4) is 0 Å². The quantitative estimate of drug-likeness (QED) is 0.794. The molecule has 0 aliphatic rings. The van der Waals surface area contributed by atoms with Gasteiger partial charge in [0.25, 0.3) is 0 Å². The van der Waals surface area contributed by atoms with Gasteiger partial charge in [-0.05, 0) is 53.9 Å². The number of hydrogen-bond acceptors (Lipinski definition) is 3. The number of benzene rings is 1. The van der Waals surface area contributed by atoms with E-state index in [1.54, 1.807) is 0 Å². The molecule has 1 aromatic carbocycles. The first-order valence-electron chi connectivity index (χ1n) is 5.93. The number of anilines is 1. The second-order valence-electron chi connectivity index (χ2n) is 4.50. The molecule has 3 nitrogen and oxygen atoms in total. The van der Waals surface area contributed by atoms with Gasteiger partial charge in [-0.25, -0.2) is 0 Å². The van der Waals surface area contributed by atoms with Gasteiger partial charge in [0.1, 0.15) is 0 Å². The minimum Gasteiger partial charge on any atom is -0.398 e. The van der Waals surface area contributed by atoms with Crippen LogP contribution in [-0.2, 0) is 6.54 Å². The fraction of sp³-hybridized carbons (Fsp3) is 0.538. The molecule has 0 bridgehead atoms. The van der Waals surface area contributed by atoms with Crippen LogP contribution < -0.4 is 5.73 Å². The first-order valence-corrected chi connectivity index (χ1v) is 6.72. The minimum absolute atomic E-state index is 0.242. The van der Waals surface area contributed by atoms with Crippen LogP contribution in [0.25, 0.3) is 0 Å². The third kappa shape index (κ3) is 4.66. The summed E-state index contributed by atoms with van der Waals surface area (Å²) >= 11 is 3.39. The Balaban J connectivity index is 2.68. The molecule has 1 rings (SSSR count). The van der Waals surface area contributed by atoms with Crippen LogP contribution in [-0.4, -0.2) is 29.2 Å². The SMILES string of the molecule is CC(C)N(CCCO)Cc1ccc(Br)c(N)c1. The number of aliphatic hydroxyl groups is 1. The Morgan fingerprint density at radius 1 is 1.41 bits per heavy atom. The summed E-state index contributed by atoms with van der Waals surface area (Å²) < 4.78 is 0.938. The van der Waals surface area contributed by atoms with Crippen molar-refractivity contribution in [3.8, 4) is 0 Å². The Morgan fingerprint density at radius 2 is 2.12 bits per heavy atom. The molecule has 0 aromatic heterocycles. The van der Waals surface area contributed by atoms with Crippen molar-refractivity contribution in [2.45, 2.75) is 32.9 Å². The molecule has 0 fully saturated rings. The highest BCUT2D eigenvalue weighted by atomic mass is 79.9. The van der Waals surface area contributed by atoms with Crippen molar-refractivity contribution in [2.75, 3.05) is 18.9 Å². The third-order valence-electron chi connectivity index (χ3n) is 2.78. The fourth-order valence-electron chi connectivity index (χ4n) is 1.72. The maximum atomic E-state index is 8.89. The molecular formula is C13H21BrN2O. The molecule has 0 atom stereocenters. The van der Waals surface area contributed by atoms with Crippen LogP contribution in [0, 0.1) is 0 Å². The molecule has 1 aromatic rings. The Kier molecular flexibility index (Phi) is 5.95. The molecule has 17 heavy (non-hydrogen) atoms. The van der Waals surface area contributed by atoms with E-state index in [1.807, 2.05) is 12.1 Å². The van der Waals surface area contributed by atoms with E-state index in [0.717, 1.165) is 29.7 Å². The van der Waals surface area contributed by atoms with Gasteiger partial charge in [-0.15, -0.1) is 0 Å². The maximum absolute atomic E-state index is 8.89. The Morgan fingerprint density at radius 3 is 2.65 bits per heavy atom. The number of nitrogens with two attached hydrogens (primary N) is 1. The molecule has 0 saturated carbocycles. The van der Waals surface area contributed by atoms with E-state index in [1.165, 1.54) is 5.56 Å².